The molecular formula is C29H22ClFN4O3. The zero-order valence-electron chi connectivity index (χ0n) is 20.5. The standard InChI is InChI=1S/C29H22ClFN4O3/c1-14(2)24-22-23(27(38)34(26(22)37)15-11-12-19(31)18(30)13-15)29(33-24)17-8-4-6-10-21(17)35-25(36)16-7-3-5-9-20(16)32-28(29)35/h3-14,22-24,33H,1-2H3/t22-,23-,24-,29+/m1/s1. The summed E-state index contributed by atoms with van der Waals surface area (Å²) in [5.74, 6) is -2.70. The Morgan fingerprint density at radius 1 is 1.00 bits per heavy atom. The average molecular weight is 529 g/mol. The number of imide groups is 1. The molecule has 0 aliphatic carbocycles. The molecule has 2 fully saturated rings. The number of carbonyl (C=O) groups excluding carboxylic acids is 2. The molecule has 0 bridgehead atoms. The maximum Gasteiger partial charge on any atom is 0.266 e. The van der Waals surface area contributed by atoms with E-state index < -0.39 is 29.1 Å². The van der Waals surface area contributed by atoms with Gasteiger partial charge in [0.1, 0.15) is 17.2 Å². The molecule has 2 saturated heterocycles. The van der Waals surface area contributed by atoms with Crippen molar-refractivity contribution in [2.45, 2.75) is 25.4 Å². The minimum absolute atomic E-state index is 0.0243. The Bertz CT molecular complexity index is 1770. The smallest absolute Gasteiger partial charge is 0.266 e. The molecule has 38 heavy (non-hydrogen) atoms. The van der Waals surface area contributed by atoms with Gasteiger partial charge < -0.3 is 0 Å². The van der Waals surface area contributed by atoms with E-state index in [-0.39, 0.29) is 34.1 Å². The number of amides is 2. The second-order valence-electron chi connectivity index (χ2n) is 10.4. The summed E-state index contributed by atoms with van der Waals surface area (Å²) in [5.41, 5.74) is 0.628. The molecule has 9 heteroatoms. The second-order valence-corrected chi connectivity index (χ2v) is 10.9. The van der Waals surface area contributed by atoms with Crippen LogP contribution >= 0.6 is 11.6 Å². The van der Waals surface area contributed by atoms with E-state index >= 15 is 0 Å². The summed E-state index contributed by atoms with van der Waals surface area (Å²) >= 11 is 6.03. The Hall–Kier alpha value is -3.88. The van der Waals surface area contributed by atoms with Gasteiger partial charge in [0.05, 0.1) is 39.1 Å². The number of rotatable bonds is 2. The molecule has 0 unspecified atom stereocenters. The Kier molecular flexibility index (Phi) is 4.78. The first-order valence-electron chi connectivity index (χ1n) is 12.5. The van der Waals surface area contributed by atoms with Crippen molar-refractivity contribution < 1.29 is 14.0 Å². The molecule has 1 spiro atoms. The van der Waals surface area contributed by atoms with Crippen LogP contribution in [0.25, 0.3) is 16.6 Å². The highest BCUT2D eigenvalue weighted by atomic mass is 35.5. The summed E-state index contributed by atoms with van der Waals surface area (Å²) < 4.78 is 15.5. The van der Waals surface area contributed by atoms with E-state index in [1.54, 1.807) is 22.8 Å². The lowest BCUT2D eigenvalue weighted by Gasteiger charge is -2.32. The molecule has 2 amide bonds. The highest BCUT2D eigenvalue weighted by Gasteiger charge is 2.70. The predicted octanol–water partition coefficient (Wildman–Crippen LogP) is 4.17. The van der Waals surface area contributed by atoms with Gasteiger partial charge in [-0.1, -0.05) is 55.8 Å². The van der Waals surface area contributed by atoms with Gasteiger partial charge >= 0.3 is 0 Å². The molecule has 4 atom stereocenters. The Labute approximate surface area is 221 Å². The van der Waals surface area contributed by atoms with E-state index in [4.69, 9.17) is 16.6 Å². The van der Waals surface area contributed by atoms with Crippen LogP contribution in [-0.4, -0.2) is 27.4 Å². The quantitative estimate of drug-likeness (QED) is 0.395. The molecule has 3 aromatic carbocycles. The van der Waals surface area contributed by atoms with Gasteiger partial charge in [0.15, 0.2) is 0 Å². The zero-order chi connectivity index (χ0) is 26.5. The number of aromatic nitrogens is 2. The van der Waals surface area contributed by atoms with Gasteiger partial charge in [-0.05, 0) is 42.3 Å². The number of fused-ring (bicyclic) bond motifs is 8. The number of carbonyl (C=O) groups is 2. The first-order chi connectivity index (χ1) is 18.3. The van der Waals surface area contributed by atoms with Crippen LogP contribution in [0.15, 0.2) is 71.5 Å². The number of nitrogens with one attached hydrogen (secondary N) is 1. The fraction of sp³-hybridized carbons (Fsp3) is 0.241. The predicted molar refractivity (Wildman–Crippen MR) is 141 cm³/mol. The van der Waals surface area contributed by atoms with E-state index in [1.165, 1.54) is 12.1 Å². The molecule has 190 valence electrons. The summed E-state index contributed by atoms with van der Waals surface area (Å²) in [5, 5.41) is 3.94. The van der Waals surface area contributed by atoms with Gasteiger partial charge in [0.2, 0.25) is 11.8 Å². The molecule has 3 aliphatic heterocycles. The van der Waals surface area contributed by atoms with E-state index in [1.807, 2.05) is 44.2 Å². The fourth-order valence-electron chi connectivity index (χ4n) is 6.60. The van der Waals surface area contributed by atoms with Gasteiger partial charge in [0.25, 0.3) is 5.56 Å². The summed E-state index contributed by atoms with van der Waals surface area (Å²) in [6.45, 7) is 3.98. The van der Waals surface area contributed by atoms with Crippen molar-refractivity contribution in [1.29, 1.82) is 0 Å². The Morgan fingerprint density at radius 2 is 1.74 bits per heavy atom. The van der Waals surface area contributed by atoms with Gasteiger partial charge in [0, 0.05) is 11.6 Å². The van der Waals surface area contributed by atoms with Crippen molar-refractivity contribution in [3.05, 3.63) is 99.3 Å². The van der Waals surface area contributed by atoms with Crippen LogP contribution in [0.2, 0.25) is 5.02 Å². The van der Waals surface area contributed by atoms with Gasteiger partial charge in [-0.3, -0.25) is 24.3 Å². The largest absolute Gasteiger partial charge is 0.296 e. The summed E-state index contributed by atoms with van der Waals surface area (Å²) in [6.07, 6.45) is 0. The molecular weight excluding hydrogens is 507 g/mol. The second kappa shape index (κ2) is 7.82. The fourth-order valence-corrected chi connectivity index (χ4v) is 6.78. The van der Waals surface area contributed by atoms with Crippen LogP contribution in [0.4, 0.5) is 10.1 Å². The van der Waals surface area contributed by atoms with E-state index in [9.17, 15) is 18.8 Å². The number of nitrogens with zero attached hydrogens (tertiary/aromatic N) is 3. The number of halogens is 2. The van der Waals surface area contributed by atoms with Crippen LogP contribution < -0.4 is 15.8 Å². The third kappa shape index (κ3) is 2.76. The lowest BCUT2D eigenvalue weighted by Crippen LogP contribution is -2.51. The van der Waals surface area contributed by atoms with Crippen LogP contribution in [0.1, 0.15) is 25.2 Å². The molecule has 1 N–H and O–H groups in total. The monoisotopic (exact) mass is 528 g/mol. The third-order valence-corrected chi connectivity index (χ3v) is 8.47. The van der Waals surface area contributed by atoms with Crippen LogP contribution in [0.5, 0.6) is 0 Å². The van der Waals surface area contributed by atoms with Crippen molar-refractivity contribution in [3.63, 3.8) is 0 Å². The third-order valence-electron chi connectivity index (χ3n) is 8.18. The first-order valence-corrected chi connectivity index (χ1v) is 12.9. The van der Waals surface area contributed by atoms with Crippen LogP contribution in [0.3, 0.4) is 0 Å². The first kappa shape index (κ1) is 23.3. The van der Waals surface area contributed by atoms with Gasteiger partial charge in [-0.2, -0.15) is 0 Å². The number of benzene rings is 3. The lowest BCUT2D eigenvalue weighted by atomic mass is 9.75. The highest BCUT2D eigenvalue weighted by molar-refractivity contribution is 6.31. The van der Waals surface area contributed by atoms with E-state index in [0.717, 1.165) is 16.5 Å². The van der Waals surface area contributed by atoms with Crippen molar-refractivity contribution in [3.8, 4) is 5.69 Å². The molecule has 0 saturated carbocycles. The van der Waals surface area contributed by atoms with Crippen molar-refractivity contribution in [2.24, 2.45) is 17.8 Å². The van der Waals surface area contributed by atoms with E-state index in [0.29, 0.717) is 22.4 Å². The molecule has 4 aromatic rings. The van der Waals surface area contributed by atoms with Crippen molar-refractivity contribution in [2.75, 3.05) is 4.90 Å². The Balaban J connectivity index is 1.53. The molecule has 3 aliphatic rings. The van der Waals surface area contributed by atoms with Gasteiger partial charge in [-0.15, -0.1) is 0 Å². The summed E-state index contributed by atoms with van der Waals surface area (Å²) in [7, 11) is 0. The molecule has 4 heterocycles. The van der Waals surface area contributed by atoms with Crippen molar-refractivity contribution >= 4 is 40.0 Å². The molecule has 7 rings (SSSR count). The molecule has 1 aromatic heterocycles. The lowest BCUT2D eigenvalue weighted by molar-refractivity contribution is -0.123. The summed E-state index contributed by atoms with van der Waals surface area (Å²) in [6, 6.07) is 18.0. The van der Waals surface area contributed by atoms with Crippen LogP contribution in [-0.2, 0) is 15.1 Å². The Morgan fingerprint density at radius 3 is 2.50 bits per heavy atom. The molecule has 7 nitrogen and oxygen atoms in total. The normalized spacial score (nSPS) is 25.5. The maximum atomic E-state index is 14.3. The van der Waals surface area contributed by atoms with Crippen molar-refractivity contribution in [1.82, 2.24) is 14.9 Å². The molecule has 0 radical (unpaired) electrons. The number of para-hydroxylation sites is 2. The topological polar surface area (TPSA) is 84.3 Å². The van der Waals surface area contributed by atoms with Gasteiger partial charge in [-0.25, -0.2) is 14.3 Å². The minimum Gasteiger partial charge on any atom is -0.296 e. The highest BCUT2D eigenvalue weighted by Crippen LogP contribution is 2.56. The number of hydrogen-bond donors (Lipinski definition) is 1. The number of anilines is 1. The summed E-state index contributed by atoms with van der Waals surface area (Å²) in [4.78, 5) is 48.2. The zero-order valence-corrected chi connectivity index (χ0v) is 21.2. The minimum atomic E-state index is -1.22. The van der Waals surface area contributed by atoms with Crippen LogP contribution in [0, 0.1) is 23.6 Å². The average Bonchev–Trinajstić information content (AvgIpc) is 3.50. The SMILES string of the molecule is CC(C)[C@H]1N[C@@]2(c3ccccc3-n3c2nc2ccccc2c3=O)[C@H]2C(=O)N(c3ccc(F)c(Cl)c3)C(=O)[C@@H]12. The number of hydrogen-bond acceptors (Lipinski definition) is 5. The maximum absolute atomic E-state index is 14.3. The van der Waals surface area contributed by atoms with E-state index in [2.05, 4.69) is 5.32 Å².